The second kappa shape index (κ2) is 4.70. The SMILES string of the molecule is CCCNc1ccc(F)c(OC)c1. The summed E-state index contributed by atoms with van der Waals surface area (Å²) in [6, 6.07) is 4.76. The topological polar surface area (TPSA) is 21.3 Å². The van der Waals surface area contributed by atoms with Crippen molar-refractivity contribution in [1.29, 1.82) is 0 Å². The van der Waals surface area contributed by atoms with E-state index in [4.69, 9.17) is 4.74 Å². The van der Waals surface area contributed by atoms with Gasteiger partial charge >= 0.3 is 0 Å². The van der Waals surface area contributed by atoms with Crippen LogP contribution in [-0.4, -0.2) is 13.7 Å². The molecule has 0 amide bonds. The monoisotopic (exact) mass is 183 g/mol. The molecular weight excluding hydrogens is 169 g/mol. The summed E-state index contributed by atoms with van der Waals surface area (Å²) in [5, 5.41) is 3.15. The molecule has 0 heterocycles. The van der Waals surface area contributed by atoms with E-state index in [1.54, 1.807) is 12.1 Å². The van der Waals surface area contributed by atoms with Gasteiger partial charge in [-0.05, 0) is 18.6 Å². The lowest BCUT2D eigenvalue weighted by Gasteiger charge is -2.07. The molecule has 72 valence electrons. The van der Waals surface area contributed by atoms with Crippen LogP contribution in [0, 0.1) is 5.82 Å². The first-order chi connectivity index (χ1) is 6.27. The van der Waals surface area contributed by atoms with Gasteiger partial charge in [-0.1, -0.05) is 6.92 Å². The fourth-order valence-electron chi connectivity index (χ4n) is 1.04. The lowest BCUT2D eigenvalue weighted by Crippen LogP contribution is -2.00. The minimum Gasteiger partial charge on any atom is -0.494 e. The van der Waals surface area contributed by atoms with Crippen molar-refractivity contribution in [3.05, 3.63) is 24.0 Å². The molecule has 0 spiro atoms. The summed E-state index contributed by atoms with van der Waals surface area (Å²) in [6.07, 6.45) is 1.04. The Morgan fingerprint density at radius 1 is 1.46 bits per heavy atom. The van der Waals surface area contributed by atoms with Gasteiger partial charge in [0.05, 0.1) is 7.11 Å². The molecule has 0 unspecified atom stereocenters. The Bertz CT molecular complexity index is 276. The average molecular weight is 183 g/mol. The van der Waals surface area contributed by atoms with Crippen molar-refractivity contribution >= 4 is 5.69 Å². The van der Waals surface area contributed by atoms with Crippen LogP contribution in [0.2, 0.25) is 0 Å². The number of halogens is 1. The molecule has 13 heavy (non-hydrogen) atoms. The smallest absolute Gasteiger partial charge is 0.165 e. The molecule has 1 aromatic rings. The third-order valence-electron chi connectivity index (χ3n) is 1.73. The number of hydrogen-bond acceptors (Lipinski definition) is 2. The Morgan fingerprint density at radius 3 is 2.85 bits per heavy atom. The number of hydrogen-bond donors (Lipinski definition) is 1. The molecule has 0 saturated carbocycles. The van der Waals surface area contributed by atoms with Crippen molar-refractivity contribution in [3.8, 4) is 5.75 Å². The highest BCUT2D eigenvalue weighted by Crippen LogP contribution is 2.21. The van der Waals surface area contributed by atoms with Crippen molar-refractivity contribution < 1.29 is 9.13 Å². The summed E-state index contributed by atoms with van der Waals surface area (Å²) >= 11 is 0. The molecule has 0 aromatic heterocycles. The lowest BCUT2D eigenvalue weighted by molar-refractivity contribution is 0.387. The first-order valence-corrected chi connectivity index (χ1v) is 4.35. The summed E-state index contributed by atoms with van der Waals surface area (Å²) in [7, 11) is 1.46. The average Bonchev–Trinajstić information content (AvgIpc) is 2.16. The molecular formula is C10H14FNO. The number of ether oxygens (including phenoxy) is 1. The van der Waals surface area contributed by atoms with E-state index < -0.39 is 0 Å². The molecule has 3 heteroatoms. The predicted octanol–water partition coefficient (Wildman–Crippen LogP) is 2.66. The van der Waals surface area contributed by atoms with Crippen molar-refractivity contribution in [2.24, 2.45) is 0 Å². The van der Waals surface area contributed by atoms with Crippen LogP contribution in [0.15, 0.2) is 18.2 Å². The van der Waals surface area contributed by atoms with Gasteiger partial charge in [-0.3, -0.25) is 0 Å². The molecule has 1 rings (SSSR count). The molecule has 2 nitrogen and oxygen atoms in total. The van der Waals surface area contributed by atoms with Crippen LogP contribution < -0.4 is 10.1 Å². The van der Waals surface area contributed by atoms with Gasteiger partial charge in [0.15, 0.2) is 11.6 Å². The zero-order valence-electron chi connectivity index (χ0n) is 7.93. The summed E-state index contributed by atoms with van der Waals surface area (Å²) in [4.78, 5) is 0. The molecule has 0 fully saturated rings. The van der Waals surface area contributed by atoms with Gasteiger partial charge in [0.25, 0.3) is 0 Å². The number of methoxy groups -OCH3 is 1. The van der Waals surface area contributed by atoms with Gasteiger partial charge in [0.1, 0.15) is 0 Å². The van der Waals surface area contributed by atoms with Gasteiger partial charge in [0.2, 0.25) is 0 Å². The fourth-order valence-corrected chi connectivity index (χ4v) is 1.04. The Kier molecular flexibility index (Phi) is 3.55. The number of benzene rings is 1. The maximum atomic E-state index is 12.9. The lowest BCUT2D eigenvalue weighted by atomic mass is 10.3. The van der Waals surface area contributed by atoms with E-state index in [1.165, 1.54) is 13.2 Å². The van der Waals surface area contributed by atoms with Crippen LogP contribution in [-0.2, 0) is 0 Å². The van der Waals surface area contributed by atoms with Crippen LogP contribution in [0.5, 0.6) is 5.75 Å². The van der Waals surface area contributed by atoms with Crippen LogP contribution in [0.4, 0.5) is 10.1 Å². The van der Waals surface area contributed by atoms with Crippen molar-refractivity contribution in [1.82, 2.24) is 0 Å². The molecule has 1 N–H and O–H groups in total. The van der Waals surface area contributed by atoms with Gasteiger partial charge in [0, 0.05) is 18.3 Å². The van der Waals surface area contributed by atoms with Crippen LogP contribution in [0.1, 0.15) is 13.3 Å². The molecule has 0 atom stereocenters. The Morgan fingerprint density at radius 2 is 2.23 bits per heavy atom. The molecule has 0 saturated heterocycles. The molecule has 1 aromatic carbocycles. The van der Waals surface area contributed by atoms with Gasteiger partial charge in [-0.15, -0.1) is 0 Å². The minimum absolute atomic E-state index is 0.279. The Balaban J connectivity index is 2.74. The highest BCUT2D eigenvalue weighted by molar-refractivity contribution is 5.48. The number of nitrogens with one attached hydrogen (secondary N) is 1. The highest BCUT2D eigenvalue weighted by atomic mass is 19.1. The van der Waals surface area contributed by atoms with E-state index in [-0.39, 0.29) is 11.6 Å². The fraction of sp³-hybridized carbons (Fsp3) is 0.400. The zero-order chi connectivity index (χ0) is 9.68. The minimum atomic E-state index is -0.329. The molecule has 0 aliphatic carbocycles. The quantitative estimate of drug-likeness (QED) is 0.774. The van der Waals surface area contributed by atoms with Gasteiger partial charge < -0.3 is 10.1 Å². The highest BCUT2D eigenvalue weighted by Gasteiger charge is 2.01. The standard InChI is InChI=1S/C10H14FNO/c1-3-6-12-8-4-5-9(11)10(7-8)13-2/h4-5,7,12H,3,6H2,1-2H3. The van der Waals surface area contributed by atoms with Crippen molar-refractivity contribution in [3.63, 3.8) is 0 Å². The predicted molar refractivity (Wildman–Crippen MR) is 51.7 cm³/mol. The van der Waals surface area contributed by atoms with E-state index in [0.717, 1.165) is 18.7 Å². The largest absolute Gasteiger partial charge is 0.494 e. The van der Waals surface area contributed by atoms with E-state index in [2.05, 4.69) is 12.2 Å². The van der Waals surface area contributed by atoms with Crippen molar-refractivity contribution in [2.75, 3.05) is 19.0 Å². The summed E-state index contributed by atoms with van der Waals surface area (Å²) < 4.78 is 17.8. The molecule has 0 aliphatic heterocycles. The maximum Gasteiger partial charge on any atom is 0.165 e. The van der Waals surface area contributed by atoms with Crippen molar-refractivity contribution in [2.45, 2.75) is 13.3 Å². The van der Waals surface area contributed by atoms with E-state index in [9.17, 15) is 4.39 Å². The second-order valence-corrected chi connectivity index (χ2v) is 2.78. The number of anilines is 1. The van der Waals surface area contributed by atoms with Gasteiger partial charge in [-0.2, -0.15) is 0 Å². The first-order valence-electron chi connectivity index (χ1n) is 4.35. The zero-order valence-corrected chi connectivity index (χ0v) is 7.93. The normalized spacial score (nSPS) is 9.77. The summed E-state index contributed by atoms with van der Waals surface area (Å²) in [6.45, 7) is 2.96. The van der Waals surface area contributed by atoms with Crippen LogP contribution >= 0.6 is 0 Å². The third-order valence-corrected chi connectivity index (χ3v) is 1.73. The van der Waals surface area contributed by atoms with E-state index in [1.807, 2.05) is 0 Å². The summed E-state index contributed by atoms with van der Waals surface area (Å²) in [5.74, 6) is -0.0503. The van der Waals surface area contributed by atoms with E-state index >= 15 is 0 Å². The maximum absolute atomic E-state index is 12.9. The molecule has 0 radical (unpaired) electrons. The van der Waals surface area contributed by atoms with Crippen LogP contribution in [0.3, 0.4) is 0 Å². The molecule has 0 aliphatic rings. The molecule has 0 bridgehead atoms. The summed E-state index contributed by atoms with van der Waals surface area (Å²) in [5.41, 5.74) is 0.889. The first kappa shape index (κ1) is 9.84. The van der Waals surface area contributed by atoms with E-state index in [0.29, 0.717) is 0 Å². The Hall–Kier alpha value is -1.25. The van der Waals surface area contributed by atoms with Crippen LogP contribution in [0.25, 0.3) is 0 Å². The van der Waals surface area contributed by atoms with Gasteiger partial charge in [-0.25, -0.2) is 4.39 Å². The number of rotatable bonds is 4. The second-order valence-electron chi connectivity index (χ2n) is 2.78. The third kappa shape index (κ3) is 2.61. The Labute approximate surface area is 77.7 Å².